The number of hydrogen-bond donors (Lipinski definition) is 1. The monoisotopic (exact) mass is 385 g/mol. The van der Waals surface area contributed by atoms with Gasteiger partial charge in [0.15, 0.2) is 6.61 Å². The topological polar surface area (TPSA) is 119 Å². The fourth-order valence-electron chi connectivity index (χ4n) is 1.91. The molecule has 0 unspecified atom stereocenters. The number of nitrogens with one attached hydrogen (secondary N) is 1. The molecule has 10 heteroatoms. The Labute approximate surface area is 155 Å². The van der Waals surface area contributed by atoms with Gasteiger partial charge in [-0.05, 0) is 32.9 Å². The molecular weight excluding hydrogens is 366 g/mol. The minimum Gasteiger partial charge on any atom is -0.452 e. The average molecular weight is 386 g/mol. The van der Waals surface area contributed by atoms with Crippen LogP contribution in [0.4, 0.5) is 5.69 Å². The Bertz CT molecular complexity index is 729. The maximum absolute atomic E-state index is 12.0. The normalized spacial score (nSPS) is 10.8. The number of nitro groups is 1. The van der Waals surface area contributed by atoms with Gasteiger partial charge in [0.25, 0.3) is 11.6 Å². The van der Waals surface area contributed by atoms with Crippen LogP contribution in [0, 0.1) is 10.1 Å². The van der Waals surface area contributed by atoms with Crippen molar-refractivity contribution in [2.45, 2.75) is 26.3 Å². The lowest BCUT2D eigenvalue weighted by atomic mass is 10.1. The van der Waals surface area contributed by atoms with Crippen molar-refractivity contribution in [1.82, 2.24) is 10.2 Å². The number of nitrogens with zero attached hydrogens (tertiary/aromatic N) is 2. The Morgan fingerprint density at radius 2 is 1.92 bits per heavy atom. The molecule has 0 saturated carbocycles. The lowest BCUT2D eigenvalue weighted by molar-refractivity contribution is -0.385. The number of likely N-dealkylation sites (N-methyl/N-ethyl adjacent to an activating group) is 1. The molecule has 0 saturated heterocycles. The molecule has 9 nitrogen and oxygen atoms in total. The zero-order chi connectivity index (χ0) is 20.1. The second-order valence-corrected chi connectivity index (χ2v) is 6.98. The maximum atomic E-state index is 12.0. The predicted molar refractivity (Wildman–Crippen MR) is 93.9 cm³/mol. The third-order valence-electron chi connectivity index (χ3n) is 3.02. The van der Waals surface area contributed by atoms with Gasteiger partial charge in [-0.25, -0.2) is 4.79 Å². The van der Waals surface area contributed by atoms with Crippen molar-refractivity contribution in [3.63, 3.8) is 0 Å². The van der Waals surface area contributed by atoms with Crippen molar-refractivity contribution in [3.8, 4) is 0 Å². The number of halogens is 1. The summed E-state index contributed by atoms with van der Waals surface area (Å²) < 4.78 is 4.81. The number of amides is 2. The van der Waals surface area contributed by atoms with Gasteiger partial charge in [-0.1, -0.05) is 11.6 Å². The Morgan fingerprint density at radius 1 is 1.31 bits per heavy atom. The van der Waals surface area contributed by atoms with Crippen molar-refractivity contribution >= 4 is 35.1 Å². The van der Waals surface area contributed by atoms with E-state index in [1.54, 1.807) is 20.8 Å². The summed E-state index contributed by atoms with van der Waals surface area (Å²) >= 11 is 5.74. The quantitative estimate of drug-likeness (QED) is 0.453. The van der Waals surface area contributed by atoms with Crippen LogP contribution in [-0.4, -0.2) is 53.3 Å². The molecule has 0 atom stereocenters. The Hall–Kier alpha value is -2.68. The van der Waals surface area contributed by atoms with Crippen molar-refractivity contribution in [1.29, 1.82) is 0 Å². The number of ether oxygens (including phenoxy) is 1. The Kier molecular flexibility index (Phi) is 7.08. The highest BCUT2D eigenvalue weighted by atomic mass is 35.5. The zero-order valence-electron chi connectivity index (χ0n) is 14.9. The maximum Gasteiger partial charge on any atom is 0.345 e. The first kappa shape index (κ1) is 21.4. The van der Waals surface area contributed by atoms with Crippen LogP contribution >= 0.6 is 11.6 Å². The summed E-state index contributed by atoms with van der Waals surface area (Å²) in [6.45, 7) is 4.51. The molecule has 1 aromatic rings. The molecule has 0 aliphatic rings. The van der Waals surface area contributed by atoms with Gasteiger partial charge in [0.05, 0.1) is 11.5 Å². The van der Waals surface area contributed by atoms with Crippen LogP contribution in [0.1, 0.15) is 31.1 Å². The molecule has 0 aliphatic carbocycles. The summed E-state index contributed by atoms with van der Waals surface area (Å²) in [6, 6.07) is 3.43. The van der Waals surface area contributed by atoms with Crippen molar-refractivity contribution in [2.24, 2.45) is 0 Å². The molecule has 0 spiro atoms. The predicted octanol–water partition coefficient (Wildman–Crippen LogP) is 1.78. The largest absolute Gasteiger partial charge is 0.452 e. The van der Waals surface area contributed by atoms with Crippen LogP contribution in [0.3, 0.4) is 0 Å². The van der Waals surface area contributed by atoms with Gasteiger partial charge in [-0.15, -0.1) is 0 Å². The number of hydrogen-bond acceptors (Lipinski definition) is 6. The van der Waals surface area contributed by atoms with Crippen molar-refractivity contribution < 1.29 is 24.0 Å². The zero-order valence-corrected chi connectivity index (χ0v) is 15.6. The highest BCUT2D eigenvalue weighted by Gasteiger charge is 2.24. The lowest BCUT2D eigenvalue weighted by Gasteiger charge is -2.23. The van der Waals surface area contributed by atoms with Crippen LogP contribution in [-0.2, 0) is 14.3 Å². The van der Waals surface area contributed by atoms with E-state index in [1.165, 1.54) is 13.1 Å². The van der Waals surface area contributed by atoms with Gasteiger partial charge in [-0.3, -0.25) is 19.7 Å². The van der Waals surface area contributed by atoms with Crippen LogP contribution in [0.5, 0.6) is 0 Å². The van der Waals surface area contributed by atoms with Crippen LogP contribution in [0.25, 0.3) is 0 Å². The Balaban J connectivity index is 2.67. The third-order valence-corrected chi connectivity index (χ3v) is 3.26. The second kappa shape index (κ2) is 8.61. The summed E-state index contributed by atoms with van der Waals surface area (Å²) in [4.78, 5) is 47.1. The molecule has 0 aliphatic heterocycles. The van der Waals surface area contributed by atoms with Crippen molar-refractivity contribution in [3.05, 3.63) is 38.9 Å². The number of carbonyl (C=O) groups is 3. The van der Waals surface area contributed by atoms with Crippen LogP contribution in [0.2, 0.25) is 5.02 Å². The molecular formula is C16H20ClN3O6. The van der Waals surface area contributed by atoms with E-state index in [1.807, 2.05) is 0 Å². The molecule has 0 bridgehead atoms. The van der Waals surface area contributed by atoms with Gasteiger partial charge < -0.3 is 15.0 Å². The molecule has 1 N–H and O–H groups in total. The van der Waals surface area contributed by atoms with E-state index in [2.05, 4.69) is 5.32 Å². The lowest BCUT2D eigenvalue weighted by Crippen LogP contribution is -2.46. The number of benzene rings is 1. The second-order valence-electron chi connectivity index (χ2n) is 6.54. The summed E-state index contributed by atoms with van der Waals surface area (Å²) in [5.41, 5.74) is -1.29. The first-order valence-electron chi connectivity index (χ1n) is 7.57. The standard InChI is InChI=1S/C16H20ClN3O6/c1-16(2,3)18-13(21)8-19(4)14(22)9-26-15(23)11-7-10(17)5-6-12(11)20(24)25/h5-7H,8-9H2,1-4H3,(H,18,21). The molecule has 0 fully saturated rings. The fourth-order valence-corrected chi connectivity index (χ4v) is 2.08. The smallest absolute Gasteiger partial charge is 0.345 e. The molecule has 2 amide bonds. The summed E-state index contributed by atoms with van der Waals surface area (Å²) in [7, 11) is 1.38. The summed E-state index contributed by atoms with van der Waals surface area (Å²) in [5.74, 6) is -2.06. The van der Waals surface area contributed by atoms with E-state index in [0.717, 1.165) is 17.0 Å². The van der Waals surface area contributed by atoms with Gasteiger partial charge in [0.2, 0.25) is 5.91 Å². The molecule has 142 valence electrons. The SMILES string of the molecule is CN(CC(=O)NC(C)(C)C)C(=O)COC(=O)c1cc(Cl)ccc1[N+](=O)[O-]. The number of nitro benzene ring substituents is 1. The minimum absolute atomic E-state index is 0.116. The van der Waals surface area contributed by atoms with Crippen LogP contribution in [0.15, 0.2) is 18.2 Å². The molecule has 0 radical (unpaired) electrons. The van der Waals surface area contributed by atoms with Crippen LogP contribution < -0.4 is 5.32 Å². The molecule has 0 aromatic heterocycles. The van der Waals surface area contributed by atoms with E-state index < -0.39 is 34.6 Å². The van der Waals surface area contributed by atoms with Gasteiger partial charge in [-0.2, -0.15) is 0 Å². The van der Waals surface area contributed by atoms with Gasteiger partial charge >= 0.3 is 5.97 Å². The number of rotatable bonds is 6. The highest BCUT2D eigenvalue weighted by Crippen LogP contribution is 2.23. The van der Waals surface area contributed by atoms with E-state index in [4.69, 9.17) is 16.3 Å². The molecule has 1 aromatic carbocycles. The highest BCUT2D eigenvalue weighted by molar-refractivity contribution is 6.31. The van der Waals surface area contributed by atoms with E-state index in [9.17, 15) is 24.5 Å². The van der Waals surface area contributed by atoms with E-state index in [-0.39, 0.29) is 23.0 Å². The van der Waals surface area contributed by atoms with E-state index >= 15 is 0 Å². The fraction of sp³-hybridized carbons (Fsp3) is 0.438. The van der Waals surface area contributed by atoms with Gasteiger partial charge in [0, 0.05) is 23.7 Å². The van der Waals surface area contributed by atoms with Gasteiger partial charge in [0.1, 0.15) is 5.56 Å². The third kappa shape index (κ3) is 6.67. The first-order valence-corrected chi connectivity index (χ1v) is 7.94. The van der Waals surface area contributed by atoms with E-state index in [0.29, 0.717) is 0 Å². The number of esters is 1. The first-order chi connectivity index (χ1) is 11.9. The average Bonchev–Trinajstić information content (AvgIpc) is 2.49. The summed E-state index contributed by atoms with van der Waals surface area (Å²) in [6.07, 6.45) is 0. The number of carbonyl (C=O) groups excluding carboxylic acids is 3. The Morgan fingerprint density at radius 3 is 2.46 bits per heavy atom. The molecule has 1 rings (SSSR count). The van der Waals surface area contributed by atoms with Crippen molar-refractivity contribution in [2.75, 3.05) is 20.2 Å². The molecule has 26 heavy (non-hydrogen) atoms. The minimum atomic E-state index is -1.06. The molecule has 0 heterocycles. The summed E-state index contributed by atoms with van der Waals surface area (Å²) in [5, 5.41) is 13.8.